The summed E-state index contributed by atoms with van der Waals surface area (Å²) in [7, 11) is 0. The van der Waals surface area contributed by atoms with Crippen molar-refractivity contribution in [2.75, 3.05) is 0 Å². The number of amides is 2. The van der Waals surface area contributed by atoms with E-state index >= 15 is 0 Å². The van der Waals surface area contributed by atoms with E-state index in [0.717, 1.165) is 10.0 Å². The molecule has 4 nitrogen and oxygen atoms in total. The maximum Gasteiger partial charge on any atom is 0.240 e. The van der Waals surface area contributed by atoms with Crippen LogP contribution in [0.15, 0.2) is 28.7 Å². The highest BCUT2D eigenvalue weighted by Crippen LogP contribution is 2.22. The number of benzene rings is 1. The Bertz CT molecular complexity index is 430. The van der Waals surface area contributed by atoms with Crippen LogP contribution in [-0.4, -0.2) is 22.8 Å². The lowest BCUT2D eigenvalue weighted by Gasteiger charge is -2.38. The van der Waals surface area contributed by atoms with Crippen molar-refractivity contribution in [2.24, 2.45) is 5.73 Å². The van der Waals surface area contributed by atoms with Crippen molar-refractivity contribution >= 4 is 27.7 Å². The summed E-state index contributed by atoms with van der Waals surface area (Å²) in [5.74, 6) is -0.455. The van der Waals surface area contributed by atoms with Gasteiger partial charge in [0.15, 0.2) is 0 Å². The minimum atomic E-state index is -0.434. The standard InChI is InChI=1S/C11H11BrN2O2/c12-8-3-1-7(2-4-8)6-14-9(11(13)16)5-10(14)15/h1-4,9H,5-6H2,(H2,13,16)/t9-/m1/s1. The molecule has 0 aromatic heterocycles. The van der Waals surface area contributed by atoms with Crippen molar-refractivity contribution < 1.29 is 9.59 Å². The molecule has 16 heavy (non-hydrogen) atoms. The summed E-state index contributed by atoms with van der Waals surface area (Å²) < 4.78 is 0.984. The van der Waals surface area contributed by atoms with Gasteiger partial charge in [0.25, 0.3) is 0 Å². The van der Waals surface area contributed by atoms with E-state index in [4.69, 9.17) is 5.73 Å². The lowest BCUT2D eigenvalue weighted by atomic mass is 10.00. The number of β-lactam (4-membered cyclic amide) rings is 1. The Hall–Kier alpha value is -1.36. The highest BCUT2D eigenvalue weighted by Gasteiger charge is 2.39. The molecule has 1 atom stereocenters. The number of nitrogens with two attached hydrogens (primary N) is 1. The van der Waals surface area contributed by atoms with Crippen molar-refractivity contribution in [1.29, 1.82) is 0 Å². The molecule has 2 rings (SSSR count). The van der Waals surface area contributed by atoms with Gasteiger partial charge in [-0.05, 0) is 17.7 Å². The smallest absolute Gasteiger partial charge is 0.240 e. The largest absolute Gasteiger partial charge is 0.368 e. The van der Waals surface area contributed by atoms with Crippen LogP contribution in [0.1, 0.15) is 12.0 Å². The van der Waals surface area contributed by atoms with Crippen LogP contribution < -0.4 is 5.73 Å². The molecule has 84 valence electrons. The van der Waals surface area contributed by atoms with Gasteiger partial charge < -0.3 is 10.6 Å². The summed E-state index contributed by atoms with van der Waals surface area (Å²) in [6, 6.07) is 7.19. The number of rotatable bonds is 3. The molecule has 1 saturated heterocycles. The highest BCUT2D eigenvalue weighted by atomic mass is 79.9. The van der Waals surface area contributed by atoms with Gasteiger partial charge in [-0.3, -0.25) is 9.59 Å². The number of hydrogen-bond donors (Lipinski definition) is 1. The van der Waals surface area contributed by atoms with E-state index in [1.807, 2.05) is 24.3 Å². The molecule has 1 heterocycles. The number of nitrogens with zero attached hydrogens (tertiary/aromatic N) is 1. The van der Waals surface area contributed by atoms with Gasteiger partial charge in [-0.25, -0.2) is 0 Å². The van der Waals surface area contributed by atoms with E-state index < -0.39 is 11.9 Å². The first-order valence-electron chi connectivity index (χ1n) is 4.91. The Morgan fingerprint density at radius 2 is 2.06 bits per heavy atom. The molecule has 5 heteroatoms. The minimum Gasteiger partial charge on any atom is -0.368 e. The molecule has 0 unspecified atom stereocenters. The molecule has 1 aliphatic rings. The zero-order chi connectivity index (χ0) is 11.7. The Morgan fingerprint density at radius 3 is 2.56 bits per heavy atom. The first kappa shape index (κ1) is 11.1. The molecular formula is C11H11BrN2O2. The maximum absolute atomic E-state index is 11.3. The van der Waals surface area contributed by atoms with Crippen LogP contribution in [0.25, 0.3) is 0 Å². The number of likely N-dealkylation sites (tertiary alicyclic amines) is 1. The van der Waals surface area contributed by atoms with Crippen LogP contribution in [0.5, 0.6) is 0 Å². The Kier molecular flexibility index (Phi) is 2.96. The Balaban J connectivity index is 2.06. The van der Waals surface area contributed by atoms with E-state index in [0.29, 0.717) is 6.54 Å². The van der Waals surface area contributed by atoms with Gasteiger partial charge in [0.05, 0.1) is 6.42 Å². The van der Waals surface area contributed by atoms with Crippen LogP contribution in [0.4, 0.5) is 0 Å². The third kappa shape index (κ3) is 2.09. The third-order valence-electron chi connectivity index (χ3n) is 2.66. The topological polar surface area (TPSA) is 63.4 Å². The molecular weight excluding hydrogens is 272 g/mol. The average Bonchev–Trinajstić information content (AvgIpc) is 2.24. The predicted molar refractivity (Wildman–Crippen MR) is 62.3 cm³/mol. The fourth-order valence-electron chi connectivity index (χ4n) is 1.69. The Labute approximate surface area is 102 Å². The second-order valence-electron chi connectivity index (χ2n) is 3.77. The highest BCUT2D eigenvalue weighted by molar-refractivity contribution is 9.10. The molecule has 0 spiro atoms. The van der Waals surface area contributed by atoms with E-state index in [1.165, 1.54) is 4.90 Å². The number of carbonyl (C=O) groups is 2. The first-order valence-corrected chi connectivity index (χ1v) is 5.70. The molecule has 0 aliphatic carbocycles. The van der Waals surface area contributed by atoms with Gasteiger partial charge in [-0.2, -0.15) is 0 Å². The van der Waals surface area contributed by atoms with Crippen LogP contribution in [0, 0.1) is 0 Å². The average molecular weight is 283 g/mol. The first-order chi connectivity index (χ1) is 7.58. The number of hydrogen-bond acceptors (Lipinski definition) is 2. The van der Waals surface area contributed by atoms with Gasteiger partial charge in [-0.1, -0.05) is 28.1 Å². The predicted octanol–water partition coefficient (Wildman–Crippen LogP) is 1.04. The zero-order valence-electron chi connectivity index (χ0n) is 8.52. The molecule has 1 fully saturated rings. The maximum atomic E-state index is 11.3. The summed E-state index contributed by atoms with van der Waals surface area (Å²) in [6.07, 6.45) is 0.242. The molecule has 2 N–H and O–H groups in total. The summed E-state index contributed by atoms with van der Waals surface area (Å²) in [6.45, 7) is 0.444. The van der Waals surface area contributed by atoms with E-state index in [2.05, 4.69) is 15.9 Å². The van der Waals surface area contributed by atoms with E-state index in [1.54, 1.807) is 0 Å². The monoisotopic (exact) mass is 282 g/mol. The lowest BCUT2D eigenvalue weighted by molar-refractivity contribution is -0.153. The molecule has 1 aromatic carbocycles. The van der Waals surface area contributed by atoms with Crippen LogP contribution >= 0.6 is 15.9 Å². The quantitative estimate of drug-likeness (QED) is 0.842. The normalized spacial score (nSPS) is 19.4. The fourth-order valence-corrected chi connectivity index (χ4v) is 1.96. The van der Waals surface area contributed by atoms with E-state index in [9.17, 15) is 9.59 Å². The van der Waals surface area contributed by atoms with Crippen molar-refractivity contribution in [1.82, 2.24) is 4.90 Å². The zero-order valence-corrected chi connectivity index (χ0v) is 10.1. The van der Waals surface area contributed by atoms with E-state index in [-0.39, 0.29) is 12.3 Å². The van der Waals surface area contributed by atoms with Crippen molar-refractivity contribution in [3.05, 3.63) is 34.3 Å². The number of halogens is 1. The molecule has 2 amide bonds. The Morgan fingerprint density at radius 1 is 1.44 bits per heavy atom. The summed E-state index contributed by atoms with van der Waals surface area (Å²) in [5, 5.41) is 0. The van der Waals surface area contributed by atoms with Gasteiger partial charge in [0, 0.05) is 11.0 Å². The molecule has 0 bridgehead atoms. The van der Waals surface area contributed by atoms with Crippen molar-refractivity contribution in [3.8, 4) is 0 Å². The summed E-state index contributed by atoms with van der Waals surface area (Å²) in [4.78, 5) is 23.8. The number of primary amides is 1. The second-order valence-corrected chi connectivity index (χ2v) is 4.69. The van der Waals surface area contributed by atoms with Crippen LogP contribution in [0.2, 0.25) is 0 Å². The van der Waals surface area contributed by atoms with Crippen molar-refractivity contribution in [2.45, 2.75) is 19.0 Å². The van der Waals surface area contributed by atoms with Crippen LogP contribution in [-0.2, 0) is 16.1 Å². The van der Waals surface area contributed by atoms with Crippen LogP contribution in [0.3, 0.4) is 0 Å². The summed E-state index contributed by atoms with van der Waals surface area (Å²) >= 11 is 3.34. The fraction of sp³-hybridized carbons (Fsp3) is 0.273. The second kappa shape index (κ2) is 4.25. The van der Waals surface area contributed by atoms with Crippen molar-refractivity contribution in [3.63, 3.8) is 0 Å². The molecule has 1 aliphatic heterocycles. The van der Waals surface area contributed by atoms with Gasteiger partial charge in [-0.15, -0.1) is 0 Å². The minimum absolute atomic E-state index is 0.0216. The summed E-state index contributed by atoms with van der Waals surface area (Å²) in [5.41, 5.74) is 6.18. The molecule has 0 radical (unpaired) electrons. The van der Waals surface area contributed by atoms with Gasteiger partial charge in [0.2, 0.25) is 11.8 Å². The molecule has 1 aromatic rings. The molecule has 0 saturated carbocycles. The number of carbonyl (C=O) groups excluding carboxylic acids is 2. The lowest BCUT2D eigenvalue weighted by Crippen LogP contribution is -2.57. The van der Waals surface area contributed by atoms with Gasteiger partial charge >= 0.3 is 0 Å². The third-order valence-corrected chi connectivity index (χ3v) is 3.19. The van der Waals surface area contributed by atoms with Gasteiger partial charge in [0.1, 0.15) is 6.04 Å². The SMILES string of the molecule is NC(=O)[C@H]1CC(=O)N1Cc1ccc(Br)cc1.